The SMILES string of the molecule is Cc1ccc(-c2ccsc2C(=O)N2CCN(S(=O)(=O)c3ccccc3)CC2)cc1. The molecule has 4 rings (SSSR count). The van der Waals surface area contributed by atoms with Crippen LogP contribution in [0.5, 0.6) is 0 Å². The molecule has 0 unspecified atom stereocenters. The van der Waals surface area contributed by atoms with Gasteiger partial charge in [0.05, 0.1) is 9.77 Å². The van der Waals surface area contributed by atoms with Crippen LogP contribution < -0.4 is 0 Å². The van der Waals surface area contributed by atoms with Gasteiger partial charge in [0.2, 0.25) is 10.0 Å². The van der Waals surface area contributed by atoms with Gasteiger partial charge in [0.1, 0.15) is 0 Å². The fraction of sp³-hybridized carbons (Fsp3) is 0.227. The summed E-state index contributed by atoms with van der Waals surface area (Å²) in [7, 11) is -3.52. The fourth-order valence-electron chi connectivity index (χ4n) is 3.45. The number of rotatable bonds is 4. The van der Waals surface area contributed by atoms with Gasteiger partial charge in [0.25, 0.3) is 5.91 Å². The molecule has 2 heterocycles. The molecular formula is C22H22N2O3S2. The molecular weight excluding hydrogens is 404 g/mol. The van der Waals surface area contributed by atoms with Crippen LogP contribution in [0.25, 0.3) is 11.1 Å². The van der Waals surface area contributed by atoms with Crippen molar-refractivity contribution < 1.29 is 13.2 Å². The van der Waals surface area contributed by atoms with Gasteiger partial charge in [-0.2, -0.15) is 4.31 Å². The fourth-order valence-corrected chi connectivity index (χ4v) is 5.78. The van der Waals surface area contributed by atoms with E-state index in [1.54, 1.807) is 35.2 Å². The van der Waals surface area contributed by atoms with E-state index in [0.29, 0.717) is 36.0 Å². The molecule has 0 N–H and O–H groups in total. The maximum Gasteiger partial charge on any atom is 0.264 e. The Labute approximate surface area is 175 Å². The Kier molecular flexibility index (Phi) is 5.54. The summed E-state index contributed by atoms with van der Waals surface area (Å²) in [5, 5.41) is 1.93. The van der Waals surface area contributed by atoms with E-state index in [1.165, 1.54) is 21.2 Å². The van der Waals surface area contributed by atoms with E-state index in [4.69, 9.17) is 0 Å². The van der Waals surface area contributed by atoms with Crippen LogP contribution in [0.4, 0.5) is 0 Å². The number of nitrogens with zero attached hydrogens (tertiary/aromatic N) is 2. The molecule has 1 aromatic heterocycles. The number of thiophene rings is 1. The highest BCUT2D eigenvalue weighted by atomic mass is 32.2. The first kappa shape index (κ1) is 19.8. The van der Waals surface area contributed by atoms with Gasteiger partial charge >= 0.3 is 0 Å². The molecule has 150 valence electrons. The lowest BCUT2D eigenvalue weighted by Crippen LogP contribution is -2.50. The van der Waals surface area contributed by atoms with Gasteiger partial charge in [-0.1, -0.05) is 48.0 Å². The maximum atomic E-state index is 13.1. The van der Waals surface area contributed by atoms with Crippen molar-refractivity contribution in [2.45, 2.75) is 11.8 Å². The average molecular weight is 427 g/mol. The van der Waals surface area contributed by atoms with E-state index < -0.39 is 10.0 Å². The molecule has 0 bridgehead atoms. The Hall–Kier alpha value is -2.48. The third-order valence-electron chi connectivity index (χ3n) is 5.13. The molecule has 2 aromatic carbocycles. The minimum atomic E-state index is -3.52. The maximum absolute atomic E-state index is 13.1. The third kappa shape index (κ3) is 3.99. The highest BCUT2D eigenvalue weighted by Gasteiger charge is 2.31. The number of hydrogen-bond donors (Lipinski definition) is 0. The number of amides is 1. The lowest BCUT2D eigenvalue weighted by molar-refractivity contribution is 0.0703. The number of carbonyl (C=O) groups is 1. The molecule has 1 aliphatic rings. The molecule has 0 saturated carbocycles. The molecule has 0 radical (unpaired) electrons. The van der Waals surface area contributed by atoms with Crippen molar-refractivity contribution in [2.24, 2.45) is 0 Å². The minimum Gasteiger partial charge on any atom is -0.335 e. The van der Waals surface area contributed by atoms with Crippen molar-refractivity contribution in [1.29, 1.82) is 0 Å². The van der Waals surface area contributed by atoms with Crippen LogP contribution in [0.15, 0.2) is 70.9 Å². The summed E-state index contributed by atoms with van der Waals surface area (Å²) in [4.78, 5) is 15.9. The van der Waals surface area contributed by atoms with E-state index in [9.17, 15) is 13.2 Å². The summed E-state index contributed by atoms with van der Waals surface area (Å²) in [6.07, 6.45) is 0. The zero-order valence-electron chi connectivity index (χ0n) is 16.1. The predicted octanol–water partition coefficient (Wildman–Crippen LogP) is 3.87. The summed E-state index contributed by atoms with van der Waals surface area (Å²) in [5.74, 6) is -0.0349. The molecule has 1 aliphatic heterocycles. The number of aryl methyl sites for hydroxylation is 1. The molecule has 1 fully saturated rings. The van der Waals surface area contributed by atoms with Gasteiger partial charge in [0, 0.05) is 31.7 Å². The lowest BCUT2D eigenvalue weighted by atomic mass is 10.0. The van der Waals surface area contributed by atoms with E-state index in [-0.39, 0.29) is 5.91 Å². The molecule has 29 heavy (non-hydrogen) atoms. The number of benzene rings is 2. The molecule has 0 spiro atoms. The van der Waals surface area contributed by atoms with Crippen LogP contribution in [-0.4, -0.2) is 49.7 Å². The Bertz CT molecular complexity index is 1100. The van der Waals surface area contributed by atoms with Crippen LogP contribution in [0.1, 0.15) is 15.2 Å². The molecule has 5 nitrogen and oxygen atoms in total. The summed E-state index contributed by atoms with van der Waals surface area (Å²) in [6, 6.07) is 18.5. The standard InChI is InChI=1S/C22H22N2O3S2/c1-17-7-9-18(10-8-17)20-11-16-28-21(20)22(25)23-12-14-24(15-13-23)29(26,27)19-5-3-2-4-6-19/h2-11,16H,12-15H2,1H3. The van der Waals surface area contributed by atoms with Crippen LogP contribution in [0.3, 0.4) is 0 Å². The van der Waals surface area contributed by atoms with Crippen LogP contribution in [0.2, 0.25) is 0 Å². The van der Waals surface area contributed by atoms with E-state index in [1.807, 2.05) is 42.6 Å². The quantitative estimate of drug-likeness (QED) is 0.636. The summed E-state index contributed by atoms with van der Waals surface area (Å²) < 4.78 is 27.0. The zero-order valence-corrected chi connectivity index (χ0v) is 17.7. The van der Waals surface area contributed by atoms with E-state index >= 15 is 0 Å². The van der Waals surface area contributed by atoms with Gasteiger partial charge in [-0.3, -0.25) is 4.79 Å². The molecule has 0 aliphatic carbocycles. The highest BCUT2D eigenvalue weighted by molar-refractivity contribution is 7.89. The summed E-state index contributed by atoms with van der Waals surface area (Å²) in [5.41, 5.74) is 3.12. The first-order chi connectivity index (χ1) is 14.0. The Morgan fingerprint density at radius 2 is 1.55 bits per heavy atom. The van der Waals surface area contributed by atoms with Gasteiger partial charge < -0.3 is 4.90 Å². The number of piperazine rings is 1. The Balaban J connectivity index is 1.48. The lowest BCUT2D eigenvalue weighted by Gasteiger charge is -2.34. The van der Waals surface area contributed by atoms with Crippen molar-refractivity contribution >= 4 is 27.3 Å². The first-order valence-corrected chi connectivity index (χ1v) is 11.8. The van der Waals surface area contributed by atoms with Crippen LogP contribution in [0, 0.1) is 6.92 Å². The largest absolute Gasteiger partial charge is 0.335 e. The van der Waals surface area contributed by atoms with Gasteiger partial charge in [-0.05, 0) is 36.1 Å². The van der Waals surface area contributed by atoms with Crippen molar-refractivity contribution in [3.63, 3.8) is 0 Å². The second-order valence-electron chi connectivity index (χ2n) is 7.04. The van der Waals surface area contributed by atoms with Crippen molar-refractivity contribution in [3.8, 4) is 11.1 Å². The molecule has 1 saturated heterocycles. The molecule has 7 heteroatoms. The van der Waals surface area contributed by atoms with Crippen molar-refractivity contribution in [2.75, 3.05) is 26.2 Å². The third-order valence-corrected chi connectivity index (χ3v) is 7.94. The average Bonchev–Trinajstić information content (AvgIpc) is 3.24. The summed E-state index contributed by atoms with van der Waals surface area (Å²) in [6.45, 7) is 3.40. The monoisotopic (exact) mass is 426 g/mol. The highest BCUT2D eigenvalue weighted by Crippen LogP contribution is 2.30. The number of hydrogen-bond acceptors (Lipinski definition) is 4. The Morgan fingerprint density at radius 1 is 0.897 bits per heavy atom. The topological polar surface area (TPSA) is 57.7 Å². The summed E-state index contributed by atoms with van der Waals surface area (Å²) >= 11 is 1.43. The first-order valence-electron chi connectivity index (χ1n) is 9.46. The molecule has 0 atom stereocenters. The normalized spacial score (nSPS) is 15.4. The Morgan fingerprint density at radius 3 is 2.21 bits per heavy atom. The second-order valence-corrected chi connectivity index (χ2v) is 9.89. The molecule has 1 amide bonds. The van der Waals surface area contributed by atoms with Gasteiger partial charge in [-0.25, -0.2) is 8.42 Å². The second kappa shape index (κ2) is 8.10. The van der Waals surface area contributed by atoms with Gasteiger partial charge in [0.15, 0.2) is 0 Å². The zero-order chi connectivity index (χ0) is 20.4. The number of carbonyl (C=O) groups excluding carboxylic acids is 1. The predicted molar refractivity (Wildman–Crippen MR) is 116 cm³/mol. The van der Waals surface area contributed by atoms with Crippen LogP contribution >= 0.6 is 11.3 Å². The molecule has 3 aromatic rings. The number of sulfonamides is 1. The van der Waals surface area contributed by atoms with Crippen molar-refractivity contribution in [3.05, 3.63) is 76.5 Å². The van der Waals surface area contributed by atoms with E-state index in [2.05, 4.69) is 0 Å². The van der Waals surface area contributed by atoms with Crippen LogP contribution in [-0.2, 0) is 10.0 Å². The smallest absolute Gasteiger partial charge is 0.264 e. The van der Waals surface area contributed by atoms with Crippen molar-refractivity contribution in [1.82, 2.24) is 9.21 Å². The van der Waals surface area contributed by atoms with Gasteiger partial charge in [-0.15, -0.1) is 11.3 Å². The van der Waals surface area contributed by atoms with E-state index in [0.717, 1.165) is 11.1 Å². The minimum absolute atomic E-state index is 0.0349.